The van der Waals surface area contributed by atoms with E-state index in [0.717, 1.165) is 23.7 Å². The molecule has 1 unspecified atom stereocenters. The molecule has 0 amide bonds. The highest BCUT2D eigenvalue weighted by Crippen LogP contribution is 2.19. The molecule has 0 saturated carbocycles. The van der Waals surface area contributed by atoms with Crippen LogP contribution >= 0.6 is 22.7 Å². The Kier molecular flexibility index (Phi) is 4.25. The van der Waals surface area contributed by atoms with Crippen LogP contribution in [0.5, 0.6) is 0 Å². The lowest BCUT2D eigenvalue weighted by Gasteiger charge is -2.09. The number of aromatic nitrogens is 2. The van der Waals surface area contributed by atoms with Gasteiger partial charge in [0.1, 0.15) is 5.01 Å². The van der Waals surface area contributed by atoms with Gasteiger partial charge in [0.05, 0.1) is 11.0 Å². The van der Waals surface area contributed by atoms with Crippen LogP contribution in [0.3, 0.4) is 0 Å². The Balaban J connectivity index is 1.89. The van der Waals surface area contributed by atoms with E-state index < -0.39 is 0 Å². The molecule has 0 fully saturated rings. The van der Waals surface area contributed by atoms with E-state index in [1.54, 1.807) is 22.7 Å². The highest BCUT2D eigenvalue weighted by Gasteiger charge is 2.09. The van der Waals surface area contributed by atoms with E-state index in [1.165, 1.54) is 9.88 Å². The normalized spacial score (nSPS) is 12.9. The molecule has 0 saturated heterocycles. The Morgan fingerprint density at radius 1 is 1.47 bits per heavy atom. The highest BCUT2D eigenvalue weighted by molar-refractivity contribution is 7.11. The lowest BCUT2D eigenvalue weighted by atomic mass is 10.3. The Bertz CT molecular complexity index is 476. The number of nitrogens with one attached hydrogen (secondary N) is 1. The van der Waals surface area contributed by atoms with E-state index in [2.05, 4.69) is 34.5 Å². The molecule has 0 aliphatic rings. The van der Waals surface area contributed by atoms with E-state index in [0.29, 0.717) is 6.04 Å². The van der Waals surface area contributed by atoms with Crippen LogP contribution in [0.15, 0.2) is 11.6 Å². The number of thiazole rings is 2. The first-order valence-corrected chi connectivity index (χ1v) is 7.47. The summed E-state index contributed by atoms with van der Waals surface area (Å²) in [4.78, 5) is 10.1. The van der Waals surface area contributed by atoms with Crippen LogP contribution < -0.4 is 5.32 Å². The quantitative estimate of drug-likeness (QED) is 0.903. The average molecular weight is 267 g/mol. The molecule has 1 N–H and O–H groups in total. The lowest BCUT2D eigenvalue weighted by Crippen LogP contribution is -2.17. The third-order valence-electron chi connectivity index (χ3n) is 2.49. The monoisotopic (exact) mass is 267 g/mol. The van der Waals surface area contributed by atoms with Gasteiger partial charge in [-0.15, -0.1) is 22.7 Å². The fourth-order valence-electron chi connectivity index (χ4n) is 1.51. The molecule has 0 spiro atoms. The molecule has 2 heterocycles. The molecule has 92 valence electrons. The predicted molar refractivity (Wildman–Crippen MR) is 73.6 cm³/mol. The number of hydrogen-bond acceptors (Lipinski definition) is 5. The molecule has 0 bridgehead atoms. The molecule has 0 aromatic carbocycles. The predicted octanol–water partition coefficient (Wildman–Crippen LogP) is 3.32. The van der Waals surface area contributed by atoms with Crippen LogP contribution in [0, 0.1) is 6.92 Å². The SMILES string of the molecule is CCc1ncc(CNC(C)c2nc(C)cs2)s1. The second kappa shape index (κ2) is 5.71. The van der Waals surface area contributed by atoms with Crippen LogP contribution in [0.25, 0.3) is 0 Å². The van der Waals surface area contributed by atoms with Crippen molar-refractivity contribution < 1.29 is 0 Å². The van der Waals surface area contributed by atoms with E-state index in [1.807, 2.05) is 13.1 Å². The molecule has 3 nitrogen and oxygen atoms in total. The van der Waals surface area contributed by atoms with Crippen molar-refractivity contribution in [1.29, 1.82) is 0 Å². The van der Waals surface area contributed by atoms with Gasteiger partial charge < -0.3 is 5.32 Å². The van der Waals surface area contributed by atoms with Crippen molar-refractivity contribution in [3.8, 4) is 0 Å². The minimum Gasteiger partial charge on any atom is -0.303 e. The summed E-state index contributed by atoms with van der Waals surface area (Å²) in [6.07, 6.45) is 2.99. The van der Waals surface area contributed by atoms with Crippen molar-refractivity contribution in [2.24, 2.45) is 0 Å². The maximum absolute atomic E-state index is 4.49. The fourth-order valence-corrected chi connectivity index (χ4v) is 3.15. The molecule has 1 atom stereocenters. The second-order valence-electron chi connectivity index (χ2n) is 4.00. The van der Waals surface area contributed by atoms with E-state index in [-0.39, 0.29) is 0 Å². The molecule has 17 heavy (non-hydrogen) atoms. The van der Waals surface area contributed by atoms with Crippen LogP contribution in [0.4, 0.5) is 0 Å². The second-order valence-corrected chi connectivity index (χ2v) is 6.09. The zero-order valence-electron chi connectivity index (χ0n) is 10.4. The van der Waals surface area contributed by atoms with Crippen LogP contribution in [0.2, 0.25) is 0 Å². The highest BCUT2D eigenvalue weighted by atomic mass is 32.1. The van der Waals surface area contributed by atoms with Gasteiger partial charge in [-0.2, -0.15) is 0 Å². The topological polar surface area (TPSA) is 37.8 Å². The molecular weight excluding hydrogens is 250 g/mol. The summed E-state index contributed by atoms with van der Waals surface area (Å²) in [5, 5.41) is 7.94. The van der Waals surface area contributed by atoms with Gasteiger partial charge in [-0.05, 0) is 20.3 Å². The van der Waals surface area contributed by atoms with Crippen molar-refractivity contribution in [3.05, 3.63) is 32.2 Å². The lowest BCUT2D eigenvalue weighted by molar-refractivity contribution is 0.574. The van der Waals surface area contributed by atoms with E-state index in [9.17, 15) is 0 Å². The van der Waals surface area contributed by atoms with Gasteiger partial charge in [-0.3, -0.25) is 0 Å². The molecule has 0 aliphatic heterocycles. The van der Waals surface area contributed by atoms with Gasteiger partial charge in [-0.25, -0.2) is 9.97 Å². The zero-order valence-corrected chi connectivity index (χ0v) is 12.0. The summed E-state index contributed by atoms with van der Waals surface area (Å²) in [6.45, 7) is 7.19. The first kappa shape index (κ1) is 12.7. The summed E-state index contributed by atoms with van der Waals surface area (Å²) >= 11 is 3.50. The Hall–Kier alpha value is -0.780. The van der Waals surface area contributed by atoms with Crippen molar-refractivity contribution in [1.82, 2.24) is 15.3 Å². The van der Waals surface area contributed by atoms with Gasteiger partial charge in [-0.1, -0.05) is 6.92 Å². The van der Waals surface area contributed by atoms with Crippen molar-refractivity contribution in [3.63, 3.8) is 0 Å². The Labute approximate surface area is 110 Å². The van der Waals surface area contributed by atoms with Gasteiger partial charge in [0, 0.05) is 28.7 Å². The zero-order chi connectivity index (χ0) is 12.3. The summed E-state index contributed by atoms with van der Waals surface area (Å²) in [7, 11) is 0. The Morgan fingerprint density at radius 3 is 2.88 bits per heavy atom. The minimum absolute atomic E-state index is 0.306. The van der Waals surface area contributed by atoms with Crippen LogP contribution in [0.1, 0.15) is 40.5 Å². The number of rotatable bonds is 5. The van der Waals surface area contributed by atoms with Crippen molar-refractivity contribution in [2.75, 3.05) is 0 Å². The van der Waals surface area contributed by atoms with Gasteiger partial charge >= 0.3 is 0 Å². The summed E-state index contributed by atoms with van der Waals surface area (Å²) in [5.41, 5.74) is 1.10. The van der Waals surface area contributed by atoms with Crippen LogP contribution in [-0.4, -0.2) is 9.97 Å². The van der Waals surface area contributed by atoms with Crippen molar-refractivity contribution >= 4 is 22.7 Å². The van der Waals surface area contributed by atoms with E-state index in [4.69, 9.17) is 0 Å². The third kappa shape index (κ3) is 3.34. The molecule has 2 aromatic rings. The van der Waals surface area contributed by atoms with Crippen LogP contribution in [-0.2, 0) is 13.0 Å². The minimum atomic E-state index is 0.306. The number of hydrogen-bond donors (Lipinski definition) is 1. The first-order valence-electron chi connectivity index (χ1n) is 5.78. The number of nitrogens with zero attached hydrogens (tertiary/aromatic N) is 2. The average Bonchev–Trinajstić information content (AvgIpc) is 2.94. The Morgan fingerprint density at radius 2 is 2.29 bits per heavy atom. The molecule has 5 heteroatoms. The van der Waals surface area contributed by atoms with Gasteiger partial charge in [0.25, 0.3) is 0 Å². The summed E-state index contributed by atoms with van der Waals surface area (Å²) < 4.78 is 0. The van der Waals surface area contributed by atoms with E-state index >= 15 is 0 Å². The maximum Gasteiger partial charge on any atom is 0.110 e. The molecule has 2 aromatic heterocycles. The fraction of sp³-hybridized carbons (Fsp3) is 0.500. The smallest absolute Gasteiger partial charge is 0.110 e. The molecule has 0 radical (unpaired) electrons. The number of aryl methyl sites for hydroxylation is 2. The standard InChI is InChI=1S/C12H17N3S2/c1-4-11-14-6-10(17-11)5-13-9(3)12-15-8(2)7-16-12/h6-7,9,13H,4-5H2,1-3H3. The van der Waals surface area contributed by atoms with Gasteiger partial charge in [0.2, 0.25) is 0 Å². The summed E-state index contributed by atoms with van der Waals surface area (Å²) in [5.74, 6) is 0. The van der Waals surface area contributed by atoms with Gasteiger partial charge in [0.15, 0.2) is 0 Å². The molecule has 0 aliphatic carbocycles. The van der Waals surface area contributed by atoms with Crippen molar-refractivity contribution in [2.45, 2.75) is 39.8 Å². The third-order valence-corrected chi connectivity index (χ3v) is 4.78. The largest absolute Gasteiger partial charge is 0.303 e. The maximum atomic E-state index is 4.49. The molecular formula is C12H17N3S2. The molecule has 2 rings (SSSR count). The first-order chi connectivity index (χ1) is 8.19. The summed E-state index contributed by atoms with van der Waals surface area (Å²) in [6, 6.07) is 0.306.